The molecule has 0 spiro atoms. The molecular formula is C24H30N4O3. The second-order valence-corrected chi connectivity index (χ2v) is 9.02. The van der Waals surface area contributed by atoms with Gasteiger partial charge >= 0.3 is 0 Å². The summed E-state index contributed by atoms with van der Waals surface area (Å²) in [5.74, 6) is -0.678. The van der Waals surface area contributed by atoms with E-state index >= 15 is 0 Å². The molecule has 1 aromatic carbocycles. The van der Waals surface area contributed by atoms with Gasteiger partial charge in [-0.3, -0.25) is 14.8 Å². The van der Waals surface area contributed by atoms with Crippen molar-refractivity contribution in [2.24, 2.45) is 17.8 Å². The highest BCUT2D eigenvalue weighted by molar-refractivity contribution is 5.88. The number of hydrogen-bond donors (Lipinski definition) is 2. The Kier molecular flexibility index (Phi) is 6.28. The van der Waals surface area contributed by atoms with E-state index in [1.807, 2.05) is 30.0 Å². The molecule has 4 rings (SSSR count). The molecule has 0 unspecified atom stereocenters. The fourth-order valence-corrected chi connectivity index (χ4v) is 4.95. The van der Waals surface area contributed by atoms with Gasteiger partial charge in [-0.05, 0) is 68.7 Å². The van der Waals surface area contributed by atoms with Crippen molar-refractivity contribution >= 4 is 17.5 Å². The molecule has 3 fully saturated rings. The van der Waals surface area contributed by atoms with E-state index < -0.39 is 11.8 Å². The van der Waals surface area contributed by atoms with Gasteiger partial charge in [0.25, 0.3) is 0 Å². The van der Waals surface area contributed by atoms with Crippen LogP contribution in [0, 0.1) is 36.0 Å². The van der Waals surface area contributed by atoms with Crippen LogP contribution in [0.4, 0.5) is 5.69 Å². The summed E-state index contributed by atoms with van der Waals surface area (Å²) in [4.78, 5) is 29.8. The molecule has 2 amide bonds. The first-order chi connectivity index (χ1) is 15.0. The summed E-state index contributed by atoms with van der Waals surface area (Å²) >= 11 is 0. The first kappa shape index (κ1) is 21.4. The van der Waals surface area contributed by atoms with Gasteiger partial charge in [-0.1, -0.05) is 11.6 Å². The zero-order valence-corrected chi connectivity index (χ0v) is 18.0. The Bertz CT molecular complexity index is 923. The van der Waals surface area contributed by atoms with Gasteiger partial charge in [0.1, 0.15) is 0 Å². The maximum atomic E-state index is 13.3. The second-order valence-electron chi connectivity index (χ2n) is 9.02. The van der Waals surface area contributed by atoms with Crippen LogP contribution in [0.15, 0.2) is 29.8 Å². The highest BCUT2D eigenvalue weighted by Crippen LogP contribution is 2.39. The molecule has 3 aliphatic rings. The number of benzene rings is 1. The molecule has 2 saturated carbocycles. The smallest absolute Gasteiger partial charge is 0.247 e. The molecule has 0 aromatic heterocycles. The van der Waals surface area contributed by atoms with Crippen molar-refractivity contribution in [3.05, 3.63) is 41.0 Å². The van der Waals surface area contributed by atoms with E-state index in [1.165, 1.54) is 18.4 Å². The molecule has 1 aromatic rings. The quantitative estimate of drug-likeness (QED) is 0.442. The molecular weight excluding hydrogens is 392 g/mol. The molecule has 2 aliphatic carbocycles. The molecule has 31 heavy (non-hydrogen) atoms. The summed E-state index contributed by atoms with van der Waals surface area (Å²) in [5, 5.41) is 18.3. The minimum absolute atomic E-state index is 0.0234. The van der Waals surface area contributed by atoms with E-state index in [0.717, 1.165) is 30.8 Å². The molecule has 7 heteroatoms. The van der Waals surface area contributed by atoms with Crippen molar-refractivity contribution in [1.82, 2.24) is 10.4 Å². The van der Waals surface area contributed by atoms with Gasteiger partial charge in [0.15, 0.2) is 0 Å². The molecule has 2 atom stereocenters. The fraction of sp³-hybridized carbons (Fsp3) is 0.542. The number of amides is 2. The topological polar surface area (TPSA) is 96.7 Å². The number of aryl methyl sites for hydroxylation is 1. The monoisotopic (exact) mass is 422 g/mol. The molecule has 7 nitrogen and oxygen atoms in total. The SMILES string of the molecule is Cc1cc(C#N)ccc1N1CCN(C(=O)[C@H]2CCC(=CC3CC3)C[C@@H]2C(=O)NO)CC1. The number of hydrogen-bond acceptors (Lipinski definition) is 5. The summed E-state index contributed by atoms with van der Waals surface area (Å²) in [6.45, 7) is 4.64. The Morgan fingerprint density at radius 1 is 1.16 bits per heavy atom. The number of anilines is 1. The lowest BCUT2D eigenvalue weighted by atomic mass is 9.75. The number of carbonyl (C=O) groups excluding carboxylic acids is 2. The zero-order chi connectivity index (χ0) is 22.0. The van der Waals surface area contributed by atoms with E-state index in [4.69, 9.17) is 5.26 Å². The van der Waals surface area contributed by atoms with Crippen molar-refractivity contribution in [3.8, 4) is 6.07 Å². The van der Waals surface area contributed by atoms with Crippen LogP contribution in [0.3, 0.4) is 0 Å². The Morgan fingerprint density at radius 3 is 2.52 bits per heavy atom. The van der Waals surface area contributed by atoms with Crippen LogP contribution in [0.5, 0.6) is 0 Å². The average Bonchev–Trinajstić information content (AvgIpc) is 3.62. The van der Waals surface area contributed by atoms with Crippen molar-refractivity contribution in [2.75, 3.05) is 31.1 Å². The number of rotatable bonds is 4. The fourth-order valence-electron chi connectivity index (χ4n) is 4.95. The lowest BCUT2D eigenvalue weighted by Gasteiger charge is -2.40. The van der Waals surface area contributed by atoms with Gasteiger partial charge in [0, 0.05) is 31.9 Å². The van der Waals surface area contributed by atoms with E-state index in [2.05, 4.69) is 17.0 Å². The summed E-state index contributed by atoms with van der Waals surface area (Å²) in [5.41, 5.74) is 5.84. The highest BCUT2D eigenvalue weighted by atomic mass is 16.5. The van der Waals surface area contributed by atoms with E-state index in [1.54, 1.807) is 5.48 Å². The van der Waals surface area contributed by atoms with Gasteiger partial charge in [-0.25, -0.2) is 5.48 Å². The molecule has 0 radical (unpaired) electrons. The minimum atomic E-state index is -0.505. The maximum Gasteiger partial charge on any atom is 0.247 e. The first-order valence-electron chi connectivity index (χ1n) is 11.2. The number of allylic oxidation sites excluding steroid dienone is 2. The van der Waals surface area contributed by atoms with Gasteiger partial charge < -0.3 is 9.80 Å². The number of hydroxylamine groups is 1. The third kappa shape index (κ3) is 4.75. The van der Waals surface area contributed by atoms with Gasteiger partial charge in [0.2, 0.25) is 11.8 Å². The summed E-state index contributed by atoms with van der Waals surface area (Å²) < 4.78 is 0. The molecule has 0 bridgehead atoms. The molecule has 2 N–H and O–H groups in total. The van der Waals surface area contributed by atoms with Gasteiger partial charge in [-0.2, -0.15) is 5.26 Å². The second kappa shape index (κ2) is 9.11. The maximum absolute atomic E-state index is 13.3. The standard InChI is InChI=1S/C24H30N4O3/c1-16-12-19(15-25)5-7-22(16)27-8-10-28(11-9-27)24(30)20-6-4-18(13-17-2-3-17)14-21(20)23(29)26-31/h5,7,12-13,17,20-21,31H,2-4,6,8-11,14H2,1H3,(H,26,29)/t20-,21-/m0/s1. The molecule has 1 heterocycles. The third-order valence-electron chi connectivity index (χ3n) is 6.86. The number of nitrogens with zero attached hydrogens (tertiary/aromatic N) is 3. The molecule has 1 aliphatic heterocycles. The summed E-state index contributed by atoms with van der Waals surface area (Å²) in [7, 11) is 0. The Labute approximate surface area is 183 Å². The van der Waals surface area contributed by atoms with Gasteiger partial charge in [0.05, 0.1) is 23.5 Å². The summed E-state index contributed by atoms with van der Waals surface area (Å²) in [6, 6.07) is 7.85. The normalized spacial score (nSPS) is 25.3. The van der Waals surface area contributed by atoms with Gasteiger partial charge in [-0.15, -0.1) is 0 Å². The van der Waals surface area contributed by atoms with E-state index in [9.17, 15) is 14.8 Å². The van der Waals surface area contributed by atoms with Crippen LogP contribution in [0.25, 0.3) is 0 Å². The van der Waals surface area contributed by atoms with E-state index in [0.29, 0.717) is 37.4 Å². The predicted molar refractivity (Wildman–Crippen MR) is 116 cm³/mol. The Morgan fingerprint density at radius 2 is 1.90 bits per heavy atom. The zero-order valence-electron chi connectivity index (χ0n) is 18.0. The predicted octanol–water partition coefficient (Wildman–Crippen LogP) is 2.77. The van der Waals surface area contributed by atoms with Crippen LogP contribution in [-0.2, 0) is 9.59 Å². The molecule has 164 valence electrons. The van der Waals surface area contributed by atoms with Crippen LogP contribution >= 0.6 is 0 Å². The Balaban J connectivity index is 1.40. The van der Waals surface area contributed by atoms with Crippen molar-refractivity contribution in [1.29, 1.82) is 5.26 Å². The van der Waals surface area contributed by atoms with Crippen LogP contribution in [0.1, 0.15) is 43.2 Å². The largest absolute Gasteiger partial charge is 0.368 e. The number of nitriles is 1. The number of piperazine rings is 1. The number of carbonyl (C=O) groups is 2. The van der Waals surface area contributed by atoms with Crippen molar-refractivity contribution in [2.45, 2.75) is 39.0 Å². The first-order valence-corrected chi connectivity index (χ1v) is 11.2. The Hall–Kier alpha value is -2.85. The van der Waals surface area contributed by atoms with E-state index in [-0.39, 0.29) is 11.8 Å². The van der Waals surface area contributed by atoms with Crippen molar-refractivity contribution < 1.29 is 14.8 Å². The van der Waals surface area contributed by atoms with Crippen LogP contribution in [0.2, 0.25) is 0 Å². The molecule has 1 saturated heterocycles. The summed E-state index contributed by atoms with van der Waals surface area (Å²) in [6.07, 6.45) is 6.77. The van der Waals surface area contributed by atoms with Crippen molar-refractivity contribution in [3.63, 3.8) is 0 Å². The lowest BCUT2D eigenvalue weighted by molar-refractivity contribution is -0.146. The average molecular weight is 423 g/mol. The highest BCUT2D eigenvalue weighted by Gasteiger charge is 2.40. The van der Waals surface area contributed by atoms with Crippen LogP contribution < -0.4 is 10.4 Å². The van der Waals surface area contributed by atoms with Crippen LogP contribution in [-0.4, -0.2) is 48.1 Å². The third-order valence-corrected chi connectivity index (χ3v) is 6.86. The number of nitrogens with one attached hydrogen (secondary N) is 1. The minimum Gasteiger partial charge on any atom is -0.368 e. The lowest BCUT2D eigenvalue weighted by Crippen LogP contribution is -2.53.